The van der Waals surface area contributed by atoms with Crippen LogP contribution in [0.2, 0.25) is 0 Å². The average molecular weight is 687 g/mol. The third-order valence-corrected chi connectivity index (χ3v) is 9.59. The lowest BCUT2D eigenvalue weighted by atomic mass is 10.1. The summed E-state index contributed by atoms with van der Waals surface area (Å²) in [6.07, 6.45) is 8.96. The zero-order valence-corrected chi connectivity index (χ0v) is 27.7. The number of imidazole rings is 2. The number of aromatic nitrogens is 8. The van der Waals surface area contributed by atoms with Crippen molar-refractivity contribution in [2.45, 2.75) is 58.5 Å². The number of aryl methyl sites for hydroxylation is 3. The van der Waals surface area contributed by atoms with Crippen LogP contribution in [0.4, 0.5) is 11.9 Å². The molecule has 0 atom stereocenters. The van der Waals surface area contributed by atoms with E-state index in [9.17, 15) is 19.2 Å². The van der Waals surface area contributed by atoms with Gasteiger partial charge in [0.05, 0.1) is 22.1 Å². The number of H-pyrrole nitrogens is 2. The predicted octanol–water partition coefficient (Wildman–Crippen LogP) is 3.08. The van der Waals surface area contributed by atoms with Crippen LogP contribution in [0.1, 0.15) is 82.6 Å². The van der Waals surface area contributed by atoms with Crippen LogP contribution in [-0.4, -0.2) is 63.1 Å². The molecule has 2 aliphatic rings. The molecule has 2 aliphatic carbocycles. The van der Waals surface area contributed by atoms with Gasteiger partial charge in [-0.15, -0.1) is 0 Å². The lowest BCUT2D eigenvalue weighted by Crippen LogP contribution is -2.18. The Morgan fingerprint density at radius 3 is 1.90 bits per heavy atom. The number of allylic oxidation sites excluding steroid dienone is 2. The van der Waals surface area contributed by atoms with E-state index in [0.29, 0.717) is 52.2 Å². The smallest absolute Gasteiger partial charge is 0.278 e. The fourth-order valence-corrected chi connectivity index (χ4v) is 7.15. The van der Waals surface area contributed by atoms with Gasteiger partial charge in [-0.1, -0.05) is 12.2 Å². The number of hydrogen-bond donors (Lipinski definition) is 6. The molecule has 16 nitrogen and oxygen atoms in total. The molecule has 4 aromatic heterocycles. The molecule has 16 heteroatoms. The molecule has 8 N–H and O–H groups in total. The molecule has 2 aromatic carbocycles. The van der Waals surface area contributed by atoms with Crippen molar-refractivity contribution in [2.75, 3.05) is 10.6 Å². The molecule has 0 saturated carbocycles. The first kappa shape index (κ1) is 31.7. The van der Waals surface area contributed by atoms with Gasteiger partial charge in [0.1, 0.15) is 0 Å². The van der Waals surface area contributed by atoms with Gasteiger partial charge >= 0.3 is 0 Å². The fourth-order valence-electron chi connectivity index (χ4n) is 7.15. The lowest BCUT2D eigenvalue weighted by molar-refractivity contribution is 0.0992. The van der Waals surface area contributed by atoms with Crippen molar-refractivity contribution in [2.24, 2.45) is 11.5 Å². The van der Waals surface area contributed by atoms with Crippen molar-refractivity contribution in [1.82, 2.24) is 39.5 Å². The molecule has 0 bridgehead atoms. The Labute approximate surface area is 289 Å². The Hall–Kier alpha value is -6.58. The molecule has 0 unspecified atom stereocenters. The lowest BCUT2D eigenvalue weighted by Gasteiger charge is -2.10. The monoisotopic (exact) mass is 686 g/mol. The number of fused-ring (bicyclic) bond motifs is 4. The van der Waals surface area contributed by atoms with Gasteiger partial charge in [-0.25, -0.2) is 9.97 Å². The number of amides is 4. The van der Waals surface area contributed by atoms with E-state index < -0.39 is 11.8 Å². The molecule has 4 amide bonds. The third kappa shape index (κ3) is 5.59. The quantitative estimate of drug-likeness (QED) is 0.117. The van der Waals surface area contributed by atoms with Gasteiger partial charge in [0.2, 0.25) is 23.7 Å². The first-order chi connectivity index (χ1) is 24.7. The van der Waals surface area contributed by atoms with Crippen molar-refractivity contribution >= 4 is 57.6 Å². The summed E-state index contributed by atoms with van der Waals surface area (Å²) in [5.74, 6) is -1.38. The van der Waals surface area contributed by atoms with Crippen molar-refractivity contribution in [3.8, 4) is 0 Å². The predicted molar refractivity (Wildman–Crippen MR) is 188 cm³/mol. The highest BCUT2D eigenvalue weighted by molar-refractivity contribution is 6.05. The SMILES string of the molecule is Cc1cc(C(N)=O)cc2nc(NC(=O)c3n[nH]c4c3CCC4)n(C/C=C/Cn3c(NC(=O)c4n[nH]c5c4CCC5)nc4cc(C(N)=O)ccc43)c12. The van der Waals surface area contributed by atoms with Gasteiger partial charge in [-0.2, -0.15) is 10.2 Å². The van der Waals surface area contributed by atoms with Crippen LogP contribution < -0.4 is 22.1 Å². The number of aromatic amines is 2. The molecule has 8 rings (SSSR count). The summed E-state index contributed by atoms with van der Waals surface area (Å²) < 4.78 is 3.67. The third-order valence-electron chi connectivity index (χ3n) is 9.59. The molecule has 51 heavy (non-hydrogen) atoms. The van der Waals surface area contributed by atoms with Gasteiger partial charge in [-0.3, -0.25) is 40.0 Å². The zero-order chi connectivity index (χ0) is 35.4. The van der Waals surface area contributed by atoms with Crippen molar-refractivity contribution in [3.05, 3.63) is 93.1 Å². The summed E-state index contributed by atoms with van der Waals surface area (Å²) in [6.45, 7) is 2.44. The first-order valence-electron chi connectivity index (χ1n) is 16.7. The highest BCUT2D eigenvalue weighted by Gasteiger charge is 2.26. The van der Waals surface area contributed by atoms with E-state index in [1.54, 1.807) is 30.3 Å². The number of benzene rings is 2. The van der Waals surface area contributed by atoms with E-state index in [1.165, 1.54) is 0 Å². The highest BCUT2D eigenvalue weighted by Crippen LogP contribution is 2.28. The van der Waals surface area contributed by atoms with Gasteiger partial charge in [0.25, 0.3) is 11.8 Å². The van der Waals surface area contributed by atoms with Crippen molar-refractivity contribution in [3.63, 3.8) is 0 Å². The second kappa shape index (κ2) is 12.4. The summed E-state index contributed by atoms with van der Waals surface area (Å²) in [5.41, 5.74) is 19.3. The van der Waals surface area contributed by atoms with Crippen LogP contribution in [0.15, 0.2) is 42.5 Å². The summed E-state index contributed by atoms with van der Waals surface area (Å²) in [4.78, 5) is 60.1. The Kier molecular flexibility index (Phi) is 7.69. The number of primary amides is 2. The van der Waals surface area contributed by atoms with Gasteiger partial charge < -0.3 is 20.6 Å². The first-order valence-corrected chi connectivity index (χ1v) is 16.7. The number of anilines is 2. The number of nitrogens with two attached hydrogens (primary N) is 2. The number of carbonyl (C=O) groups excluding carboxylic acids is 4. The number of carbonyl (C=O) groups is 4. The molecule has 4 heterocycles. The molecule has 258 valence electrons. The molecule has 0 fully saturated rings. The zero-order valence-electron chi connectivity index (χ0n) is 27.7. The largest absolute Gasteiger partial charge is 0.366 e. The molecule has 0 spiro atoms. The van der Waals surface area contributed by atoms with Crippen molar-refractivity contribution < 1.29 is 19.2 Å². The van der Waals surface area contributed by atoms with Crippen LogP contribution in [0.5, 0.6) is 0 Å². The number of rotatable bonds is 10. The highest BCUT2D eigenvalue weighted by atomic mass is 16.2. The van der Waals surface area contributed by atoms with Crippen LogP contribution >= 0.6 is 0 Å². The molecule has 0 radical (unpaired) electrons. The maximum absolute atomic E-state index is 13.5. The van der Waals surface area contributed by atoms with Crippen molar-refractivity contribution in [1.29, 1.82) is 0 Å². The van der Waals surface area contributed by atoms with E-state index in [0.717, 1.165) is 72.1 Å². The summed E-state index contributed by atoms with van der Waals surface area (Å²) in [7, 11) is 0. The van der Waals surface area contributed by atoms with E-state index in [-0.39, 0.29) is 23.7 Å². The Morgan fingerprint density at radius 1 is 0.745 bits per heavy atom. The summed E-state index contributed by atoms with van der Waals surface area (Å²) in [6, 6.07) is 8.24. The molecule has 0 aliphatic heterocycles. The number of nitrogens with one attached hydrogen (secondary N) is 4. The van der Waals surface area contributed by atoms with Gasteiger partial charge in [0.15, 0.2) is 11.4 Å². The van der Waals surface area contributed by atoms with E-state index in [4.69, 9.17) is 16.5 Å². The van der Waals surface area contributed by atoms with Crippen LogP contribution in [0, 0.1) is 6.92 Å². The van der Waals surface area contributed by atoms with Gasteiger partial charge in [0, 0.05) is 46.7 Å². The minimum Gasteiger partial charge on any atom is -0.366 e. The van der Waals surface area contributed by atoms with Crippen LogP contribution in [0.25, 0.3) is 22.1 Å². The maximum atomic E-state index is 13.5. The Morgan fingerprint density at radius 2 is 1.29 bits per heavy atom. The number of hydrogen-bond acceptors (Lipinski definition) is 8. The minimum atomic E-state index is -0.589. The average Bonchev–Trinajstić information content (AvgIpc) is 3.93. The molecular formula is C35H34N12O4. The second-order valence-electron chi connectivity index (χ2n) is 12.8. The van der Waals surface area contributed by atoms with E-state index in [2.05, 4.69) is 36.0 Å². The summed E-state index contributed by atoms with van der Waals surface area (Å²) in [5, 5.41) is 20.3. The Balaban J connectivity index is 1.11. The Bertz CT molecular complexity index is 2460. The minimum absolute atomic E-state index is 0.276. The molecule has 0 saturated heterocycles. The standard InChI is InChI=1S/C35H34N12O4/c1-17-14-19(31(37)49)16-25-29(17)47(35(39-25)41-33(51)28-21-7-5-9-23(21)43-45-28)13-3-2-12-46-26-11-10-18(30(36)48)15-24(26)38-34(46)40-32(50)27-20-6-4-8-22(20)42-44-27/h2-3,10-11,14-16H,4-9,12-13H2,1H3,(H2,36,48)(H2,37,49)(H,42,44)(H,43,45)(H,38,40,50)(H,39,41,51)/b3-2+. The summed E-state index contributed by atoms with van der Waals surface area (Å²) >= 11 is 0. The maximum Gasteiger partial charge on any atom is 0.278 e. The topological polar surface area (TPSA) is 237 Å². The fraction of sp³-hybridized carbons (Fsp3) is 0.257. The normalized spacial score (nSPS) is 13.7. The molecule has 6 aromatic rings. The number of nitrogens with zero attached hydrogens (tertiary/aromatic N) is 6. The van der Waals surface area contributed by atoms with E-state index in [1.807, 2.05) is 28.2 Å². The molecular weight excluding hydrogens is 652 g/mol. The van der Waals surface area contributed by atoms with Gasteiger partial charge in [-0.05, 0) is 81.3 Å². The second-order valence-corrected chi connectivity index (χ2v) is 12.8. The van der Waals surface area contributed by atoms with E-state index >= 15 is 0 Å². The van der Waals surface area contributed by atoms with Crippen LogP contribution in [-0.2, 0) is 38.8 Å². The van der Waals surface area contributed by atoms with Crippen LogP contribution in [0.3, 0.4) is 0 Å².